The molecule has 6 nitrogen and oxygen atoms in total. The molecule has 0 saturated carbocycles. The first-order valence-electron chi connectivity index (χ1n) is 7.19. The minimum atomic E-state index is 0.290. The number of nitrogens with two attached hydrogens (primary N) is 1. The molecule has 0 aliphatic carbocycles. The van der Waals surface area contributed by atoms with Crippen LogP contribution in [0.3, 0.4) is 0 Å². The number of aromatic nitrogens is 4. The summed E-state index contributed by atoms with van der Waals surface area (Å²) in [7, 11) is 0. The zero-order chi connectivity index (χ0) is 15.1. The van der Waals surface area contributed by atoms with Crippen LogP contribution in [0.2, 0.25) is 5.02 Å². The Morgan fingerprint density at radius 1 is 1.23 bits per heavy atom. The van der Waals surface area contributed by atoms with Crippen LogP contribution < -0.4 is 11.1 Å². The molecule has 0 bridgehead atoms. The van der Waals surface area contributed by atoms with Crippen molar-refractivity contribution in [1.29, 1.82) is 0 Å². The van der Waals surface area contributed by atoms with E-state index in [9.17, 15) is 0 Å². The molecule has 4 rings (SSSR count). The lowest BCUT2D eigenvalue weighted by atomic mass is 10.1. The number of nitrogens with zero attached hydrogens (tertiary/aromatic N) is 4. The summed E-state index contributed by atoms with van der Waals surface area (Å²) in [6, 6.07) is 7.86. The van der Waals surface area contributed by atoms with E-state index in [4.69, 9.17) is 22.4 Å². The van der Waals surface area contributed by atoms with Crippen molar-refractivity contribution < 1.29 is 0 Å². The molecule has 3 N–H and O–H groups in total. The van der Waals surface area contributed by atoms with Crippen molar-refractivity contribution >= 4 is 28.5 Å². The third kappa shape index (κ3) is 2.12. The van der Waals surface area contributed by atoms with Crippen LogP contribution in [0.5, 0.6) is 0 Å². The van der Waals surface area contributed by atoms with Gasteiger partial charge >= 0.3 is 0 Å². The lowest BCUT2D eigenvalue weighted by Gasteiger charge is -2.09. The molecule has 1 aliphatic heterocycles. The van der Waals surface area contributed by atoms with Crippen molar-refractivity contribution in [3.63, 3.8) is 0 Å². The van der Waals surface area contributed by atoms with Gasteiger partial charge in [-0.1, -0.05) is 23.7 Å². The summed E-state index contributed by atoms with van der Waals surface area (Å²) in [5.41, 5.74) is 8.63. The number of hydrogen-bond donors (Lipinski definition) is 2. The molecule has 0 radical (unpaired) electrons. The second kappa shape index (κ2) is 5.23. The molecule has 1 aliphatic rings. The standard InChI is InChI=1S/C15H15ClN6/c16-10-3-1-9(2-4-10)13-12-14(17)19-8-20-15(12)22(21-13)11-5-6-18-7-11/h1-4,8,11,18H,5-7H2,(H2,17,19,20)/t11-/m1/s1. The Hall–Kier alpha value is -2.18. The van der Waals surface area contributed by atoms with Crippen LogP contribution in [-0.4, -0.2) is 32.8 Å². The highest BCUT2D eigenvalue weighted by molar-refractivity contribution is 6.30. The van der Waals surface area contributed by atoms with Gasteiger partial charge in [-0.3, -0.25) is 0 Å². The number of anilines is 1. The summed E-state index contributed by atoms with van der Waals surface area (Å²) in [4.78, 5) is 8.53. The number of rotatable bonds is 2. The van der Waals surface area contributed by atoms with Crippen LogP contribution in [0.15, 0.2) is 30.6 Å². The van der Waals surface area contributed by atoms with Crippen LogP contribution in [0.4, 0.5) is 5.82 Å². The lowest BCUT2D eigenvalue weighted by molar-refractivity contribution is 0.504. The fourth-order valence-corrected chi connectivity index (χ4v) is 3.03. The molecule has 0 unspecified atom stereocenters. The largest absolute Gasteiger partial charge is 0.383 e. The molecule has 1 atom stereocenters. The Bertz CT molecular complexity index is 820. The van der Waals surface area contributed by atoms with E-state index in [-0.39, 0.29) is 6.04 Å². The van der Waals surface area contributed by atoms with E-state index in [1.54, 1.807) is 0 Å². The number of hydrogen-bond acceptors (Lipinski definition) is 5. The Morgan fingerprint density at radius 2 is 2.05 bits per heavy atom. The number of benzene rings is 1. The Kier molecular flexibility index (Phi) is 3.20. The maximum atomic E-state index is 6.09. The zero-order valence-corrected chi connectivity index (χ0v) is 12.6. The van der Waals surface area contributed by atoms with E-state index < -0.39 is 0 Å². The van der Waals surface area contributed by atoms with Gasteiger partial charge in [-0.2, -0.15) is 5.10 Å². The van der Waals surface area contributed by atoms with Crippen LogP contribution in [-0.2, 0) is 0 Å². The third-order valence-electron chi connectivity index (χ3n) is 4.02. The van der Waals surface area contributed by atoms with Gasteiger partial charge < -0.3 is 11.1 Å². The van der Waals surface area contributed by atoms with Crippen LogP contribution in [0.25, 0.3) is 22.3 Å². The molecule has 0 amide bonds. The van der Waals surface area contributed by atoms with Gasteiger partial charge in [0.2, 0.25) is 0 Å². The summed E-state index contributed by atoms with van der Waals surface area (Å²) < 4.78 is 1.97. The van der Waals surface area contributed by atoms with Gasteiger partial charge in [0.25, 0.3) is 0 Å². The molecule has 3 aromatic rings. The number of nitrogen functional groups attached to an aromatic ring is 1. The van der Waals surface area contributed by atoms with Crippen LogP contribution in [0, 0.1) is 0 Å². The van der Waals surface area contributed by atoms with Crippen LogP contribution >= 0.6 is 11.6 Å². The van der Waals surface area contributed by atoms with E-state index in [2.05, 4.69) is 15.3 Å². The van der Waals surface area contributed by atoms with E-state index in [1.807, 2.05) is 28.9 Å². The fourth-order valence-electron chi connectivity index (χ4n) is 2.91. The number of halogens is 1. The Morgan fingerprint density at radius 3 is 2.77 bits per heavy atom. The number of fused-ring (bicyclic) bond motifs is 1. The summed E-state index contributed by atoms with van der Waals surface area (Å²) in [5, 5.41) is 9.63. The van der Waals surface area contributed by atoms with Crippen molar-refractivity contribution in [2.45, 2.75) is 12.5 Å². The summed E-state index contributed by atoms with van der Waals surface area (Å²) in [6.45, 7) is 1.88. The topological polar surface area (TPSA) is 81.7 Å². The van der Waals surface area contributed by atoms with Crippen molar-refractivity contribution in [3.8, 4) is 11.3 Å². The monoisotopic (exact) mass is 314 g/mol. The van der Waals surface area contributed by atoms with E-state index in [0.717, 1.165) is 41.8 Å². The van der Waals surface area contributed by atoms with Gasteiger partial charge in [0.05, 0.1) is 11.4 Å². The first-order valence-corrected chi connectivity index (χ1v) is 7.57. The average molecular weight is 315 g/mol. The normalized spacial score (nSPS) is 18.1. The number of nitrogens with one attached hydrogen (secondary N) is 1. The Balaban J connectivity index is 1.95. The molecule has 112 valence electrons. The van der Waals surface area contributed by atoms with E-state index >= 15 is 0 Å². The van der Waals surface area contributed by atoms with Crippen molar-refractivity contribution in [1.82, 2.24) is 25.1 Å². The first-order chi connectivity index (χ1) is 10.7. The zero-order valence-electron chi connectivity index (χ0n) is 11.8. The van der Waals surface area contributed by atoms with Gasteiger partial charge in [-0.05, 0) is 25.1 Å². The second-order valence-electron chi connectivity index (χ2n) is 5.40. The molecular formula is C15H15ClN6. The highest BCUT2D eigenvalue weighted by Crippen LogP contribution is 2.33. The van der Waals surface area contributed by atoms with Gasteiger partial charge in [0, 0.05) is 17.1 Å². The van der Waals surface area contributed by atoms with E-state index in [0.29, 0.717) is 10.8 Å². The quantitative estimate of drug-likeness (QED) is 0.758. The first kappa shape index (κ1) is 13.5. The maximum absolute atomic E-state index is 6.09. The molecule has 3 heterocycles. The molecule has 22 heavy (non-hydrogen) atoms. The maximum Gasteiger partial charge on any atom is 0.164 e. The fraction of sp³-hybridized carbons (Fsp3) is 0.267. The molecule has 1 fully saturated rings. The van der Waals surface area contributed by atoms with Gasteiger partial charge in [-0.15, -0.1) is 0 Å². The van der Waals surface area contributed by atoms with Gasteiger partial charge in [-0.25, -0.2) is 14.6 Å². The molecule has 2 aromatic heterocycles. The predicted octanol–water partition coefficient (Wildman–Crippen LogP) is 2.26. The van der Waals surface area contributed by atoms with Gasteiger partial charge in [0.15, 0.2) is 5.65 Å². The third-order valence-corrected chi connectivity index (χ3v) is 4.27. The molecule has 1 aromatic carbocycles. The van der Waals surface area contributed by atoms with E-state index in [1.165, 1.54) is 6.33 Å². The van der Waals surface area contributed by atoms with Crippen molar-refractivity contribution in [2.24, 2.45) is 0 Å². The molecule has 7 heteroatoms. The highest BCUT2D eigenvalue weighted by Gasteiger charge is 2.24. The average Bonchev–Trinajstić information content (AvgIpc) is 3.15. The highest BCUT2D eigenvalue weighted by atomic mass is 35.5. The minimum absolute atomic E-state index is 0.290. The molecule has 1 saturated heterocycles. The second-order valence-corrected chi connectivity index (χ2v) is 5.84. The minimum Gasteiger partial charge on any atom is -0.383 e. The predicted molar refractivity (Wildman–Crippen MR) is 86.7 cm³/mol. The summed E-state index contributed by atoms with van der Waals surface area (Å²) in [6.07, 6.45) is 2.52. The smallest absolute Gasteiger partial charge is 0.164 e. The molecule has 0 spiro atoms. The van der Waals surface area contributed by atoms with Crippen LogP contribution in [0.1, 0.15) is 12.5 Å². The van der Waals surface area contributed by atoms with Gasteiger partial charge in [0.1, 0.15) is 17.8 Å². The lowest BCUT2D eigenvalue weighted by Crippen LogP contribution is -2.15. The van der Waals surface area contributed by atoms with Crippen molar-refractivity contribution in [2.75, 3.05) is 18.8 Å². The SMILES string of the molecule is Nc1ncnc2c1c(-c1ccc(Cl)cc1)nn2[C@@H]1CCNC1. The summed E-state index contributed by atoms with van der Waals surface area (Å²) in [5.74, 6) is 0.451. The van der Waals surface area contributed by atoms with Crippen molar-refractivity contribution in [3.05, 3.63) is 35.6 Å². The summed E-state index contributed by atoms with van der Waals surface area (Å²) >= 11 is 5.97. The molecular weight excluding hydrogens is 300 g/mol. The Labute approximate surface area is 132 Å².